The van der Waals surface area contributed by atoms with E-state index in [0.29, 0.717) is 12.1 Å². The molecular formula is C25H33N3O3S. The molecule has 2 aliphatic heterocycles. The van der Waals surface area contributed by atoms with Crippen LogP contribution in [0.15, 0.2) is 47.4 Å². The smallest absolute Gasteiger partial charge is 0.255 e. The first kappa shape index (κ1) is 23.0. The van der Waals surface area contributed by atoms with Gasteiger partial charge in [0.15, 0.2) is 0 Å². The maximum Gasteiger partial charge on any atom is 0.255 e. The molecule has 4 rings (SSSR count). The number of carbonyl (C=O) groups excluding carboxylic acids is 1. The van der Waals surface area contributed by atoms with E-state index in [1.807, 2.05) is 32.0 Å². The molecule has 2 fully saturated rings. The molecule has 0 bridgehead atoms. The first-order valence-electron chi connectivity index (χ1n) is 11.6. The molecule has 6 nitrogen and oxygen atoms in total. The normalized spacial score (nSPS) is 20.4. The number of anilines is 1. The number of aryl methyl sites for hydroxylation is 1. The molecule has 1 N–H and O–H groups in total. The van der Waals surface area contributed by atoms with Crippen molar-refractivity contribution in [3.8, 4) is 0 Å². The largest absolute Gasteiger partial charge is 0.322 e. The van der Waals surface area contributed by atoms with Gasteiger partial charge in [0.2, 0.25) is 10.0 Å². The van der Waals surface area contributed by atoms with Gasteiger partial charge in [0.1, 0.15) is 0 Å². The summed E-state index contributed by atoms with van der Waals surface area (Å²) in [5.74, 6) is -0.287. The van der Waals surface area contributed by atoms with Crippen LogP contribution in [0.2, 0.25) is 0 Å². The third-order valence-corrected chi connectivity index (χ3v) is 8.60. The first-order valence-corrected chi connectivity index (χ1v) is 13.0. The van der Waals surface area contributed by atoms with Gasteiger partial charge in [-0.05, 0) is 88.0 Å². The van der Waals surface area contributed by atoms with Gasteiger partial charge in [-0.25, -0.2) is 8.42 Å². The van der Waals surface area contributed by atoms with E-state index in [4.69, 9.17) is 0 Å². The van der Waals surface area contributed by atoms with Gasteiger partial charge in [0.05, 0.1) is 4.90 Å². The monoisotopic (exact) mass is 455 g/mol. The van der Waals surface area contributed by atoms with Crippen molar-refractivity contribution in [2.75, 3.05) is 25.0 Å². The van der Waals surface area contributed by atoms with Crippen molar-refractivity contribution in [3.05, 3.63) is 59.2 Å². The number of hydrogen-bond donors (Lipinski definition) is 1. The second-order valence-electron chi connectivity index (χ2n) is 9.08. The lowest BCUT2D eigenvalue weighted by molar-refractivity contribution is 0.102. The summed E-state index contributed by atoms with van der Waals surface area (Å²) in [6, 6.07) is 12.7. The van der Waals surface area contributed by atoms with Crippen LogP contribution in [0, 0.1) is 6.92 Å². The molecule has 2 aromatic rings. The van der Waals surface area contributed by atoms with Crippen molar-refractivity contribution < 1.29 is 13.2 Å². The molecule has 0 spiro atoms. The van der Waals surface area contributed by atoms with Crippen LogP contribution in [-0.2, 0) is 16.6 Å². The molecule has 0 saturated carbocycles. The van der Waals surface area contributed by atoms with E-state index in [9.17, 15) is 13.2 Å². The molecule has 2 aromatic carbocycles. The van der Waals surface area contributed by atoms with E-state index in [-0.39, 0.29) is 16.8 Å². The van der Waals surface area contributed by atoms with Crippen molar-refractivity contribution in [2.45, 2.75) is 63.4 Å². The third-order valence-electron chi connectivity index (χ3n) is 6.59. The molecule has 0 radical (unpaired) electrons. The van der Waals surface area contributed by atoms with Gasteiger partial charge in [-0.3, -0.25) is 9.69 Å². The van der Waals surface area contributed by atoms with Crippen LogP contribution in [0.3, 0.4) is 0 Å². The highest BCUT2D eigenvalue weighted by atomic mass is 32.2. The quantitative estimate of drug-likeness (QED) is 0.701. The Balaban J connectivity index is 1.53. The average molecular weight is 456 g/mol. The van der Waals surface area contributed by atoms with Gasteiger partial charge in [-0.15, -0.1) is 0 Å². The summed E-state index contributed by atoms with van der Waals surface area (Å²) in [5, 5.41) is 2.97. The molecule has 2 saturated heterocycles. The molecule has 0 aromatic heterocycles. The fraction of sp³-hybridized carbons (Fsp3) is 0.480. The molecule has 1 atom stereocenters. The minimum absolute atomic E-state index is 0.0225. The number of sulfonamides is 1. The second kappa shape index (κ2) is 9.73. The SMILES string of the molecule is Cc1ccc(S(=O)(=O)N2CCCCC2C)cc1C(=O)Nc1cccc(CN2CCCC2)c1. The van der Waals surface area contributed by atoms with Crippen molar-refractivity contribution in [1.29, 1.82) is 0 Å². The van der Waals surface area contributed by atoms with Crippen molar-refractivity contribution in [1.82, 2.24) is 9.21 Å². The standard InChI is InChI=1S/C25H33N3O3S/c1-19-11-12-23(32(30,31)28-15-4-3-8-20(28)2)17-24(19)25(29)26-22-10-7-9-21(16-22)18-27-13-5-6-14-27/h7,9-12,16-17,20H,3-6,8,13-15,18H2,1-2H3,(H,26,29). The van der Waals surface area contributed by atoms with Gasteiger partial charge in [0.25, 0.3) is 5.91 Å². The summed E-state index contributed by atoms with van der Waals surface area (Å²) in [7, 11) is -3.63. The summed E-state index contributed by atoms with van der Waals surface area (Å²) < 4.78 is 28.1. The van der Waals surface area contributed by atoms with Crippen LogP contribution in [0.1, 0.15) is 60.5 Å². The van der Waals surface area contributed by atoms with E-state index >= 15 is 0 Å². The molecule has 7 heteroatoms. The van der Waals surface area contributed by atoms with Gasteiger partial charge in [-0.2, -0.15) is 4.31 Å². The molecule has 1 unspecified atom stereocenters. The first-order chi connectivity index (χ1) is 15.3. The minimum Gasteiger partial charge on any atom is -0.322 e. The summed E-state index contributed by atoms with van der Waals surface area (Å²) in [4.78, 5) is 15.7. The zero-order chi connectivity index (χ0) is 22.7. The van der Waals surface area contributed by atoms with E-state index in [1.165, 1.54) is 18.9 Å². The van der Waals surface area contributed by atoms with Gasteiger partial charge < -0.3 is 5.32 Å². The van der Waals surface area contributed by atoms with E-state index in [1.54, 1.807) is 16.4 Å². The van der Waals surface area contributed by atoms with Crippen LogP contribution in [-0.4, -0.2) is 49.2 Å². The van der Waals surface area contributed by atoms with E-state index in [0.717, 1.165) is 55.7 Å². The van der Waals surface area contributed by atoms with Gasteiger partial charge in [0, 0.05) is 30.4 Å². The Bertz CT molecular complexity index is 1080. The second-order valence-corrected chi connectivity index (χ2v) is 11.0. The Hall–Kier alpha value is -2.22. The maximum atomic E-state index is 13.2. The number of benzene rings is 2. The maximum absolute atomic E-state index is 13.2. The average Bonchev–Trinajstić information content (AvgIpc) is 3.27. The zero-order valence-corrected chi connectivity index (χ0v) is 19.8. The van der Waals surface area contributed by atoms with E-state index in [2.05, 4.69) is 16.3 Å². The Labute approximate surface area is 191 Å². The topological polar surface area (TPSA) is 69.7 Å². The number of piperidine rings is 1. The number of nitrogens with one attached hydrogen (secondary N) is 1. The van der Waals surface area contributed by atoms with Crippen LogP contribution in [0.4, 0.5) is 5.69 Å². The summed E-state index contributed by atoms with van der Waals surface area (Å²) in [5.41, 5.74) is 3.03. The third kappa shape index (κ3) is 5.05. The van der Waals surface area contributed by atoms with Crippen LogP contribution in [0.25, 0.3) is 0 Å². The molecular weight excluding hydrogens is 422 g/mol. The summed E-state index contributed by atoms with van der Waals surface area (Å²) >= 11 is 0. The lowest BCUT2D eigenvalue weighted by Gasteiger charge is -2.32. The van der Waals surface area contributed by atoms with Crippen molar-refractivity contribution >= 4 is 21.6 Å². The van der Waals surface area contributed by atoms with Gasteiger partial charge in [-0.1, -0.05) is 24.6 Å². The Morgan fingerprint density at radius 3 is 2.53 bits per heavy atom. The zero-order valence-electron chi connectivity index (χ0n) is 19.0. The molecule has 2 heterocycles. The molecule has 1 amide bonds. The molecule has 32 heavy (non-hydrogen) atoms. The highest BCUT2D eigenvalue weighted by molar-refractivity contribution is 7.89. The highest BCUT2D eigenvalue weighted by Crippen LogP contribution is 2.27. The predicted molar refractivity (Wildman–Crippen MR) is 127 cm³/mol. The highest BCUT2D eigenvalue weighted by Gasteiger charge is 2.31. The van der Waals surface area contributed by atoms with Crippen molar-refractivity contribution in [3.63, 3.8) is 0 Å². The minimum atomic E-state index is -3.63. The number of hydrogen-bond acceptors (Lipinski definition) is 4. The fourth-order valence-electron chi connectivity index (χ4n) is 4.72. The number of carbonyl (C=O) groups is 1. The number of rotatable bonds is 6. The Morgan fingerprint density at radius 1 is 1.03 bits per heavy atom. The summed E-state index contributed by atoms with van der Waals surface area (Å²) in [6.07, 6.45) is 5.27. The Morgan fingerprint density at radius 2 is 1.78 bits per heavy atom. The molecule has 172 valence electrons. The fourth-order valence-corrected chi connectivity index (χ4v) is 6.44. The Kier molecular flexibility index (Phi) is 6.98. The van der Waals surface area contributed by atoms with Crippen molar-refractivity contribution in [2.24, 2.45) is 0 Å². The van der Waals surface area contributed by atoms with Crippen LogP contribution < -0.4 is 5.32 Å². The van der Waals surface area contributed by atoms with E-state index < -0.39 is 10.0 Å². The number of likely N-dealkylation sites (tertiary alicyclic amines) is 1. The molecule has 0 aliphatic carbocycles. The number of nitrogens with zero attached hydrogens (tertiary/aromatic N) is 2. The molecule has 2 aliphatic rings. The lowest BCUT2D eigenvalue weighted by Crippen LogP contribution is -2.42. The van der Waals surface area contributed by atoms with Crippen LogP contribution >= 0.6 is 0 Å². The predicted octanol–water partition coefficient (Wildman–Crippen LogP) is 4.41. The number of amides is 1. The lowest BCUT2D eigenvalue weighted by atomic mass is 10.1. The summed E-state index contributed by atoms with van der Waals surface area (Å²) in [6.45, 7) is 7.43. The van der Waals surface area contributed by atoms with Gasteiger partial charge >= 0.3 is 0 Å². The van der Waals surface area contributed by atoms with Crippen LogP contribution in [0.5, 0.6) is 0 Å².